The molecule has 0 heterocycles. The van der Waals surface area contributed by atoms with E-state index in [1.807, 2.05) is 58.0 Å². The molecule has 0 aliphatic rings. The number of rotatable bonds is 6. The minimum Gasteiger partial charge on any atom is -0.356 e. The van der Waals surface area contributed by atoms with Gasteiger partial charge in [0.1, 0.15) is 0 Å². The van der Waals surface area contributed by atoms with Crippen molar-refractivity contribution in [3.05, 3.63) is 35.9 Å². The number of hydrogen-bond acceptors (Lipinski definition) is 2. The molecule has 0 saturated heterocycles. The molecule has 0 bridgehead atoms. The van der Waals surface area contributed by atoms with Crippen LogP contribution < -0.4 is 10.6 Å². The van der Waals surface area contributed by atoms with Gasteiger partial charge >= 0.3 is 0 Å². The van der Waals surface area contributed by atoms with E-state index in [0.717, 1.165) is 5.56 Å². The first-order valence-corrected chi connectivity index (χ1v) is 7.43. The Labute approximate surface area is 127 Å². The van der Waals surface area contributed by atoms with E-state index in [1.54, 1.807) is 0 Å². The highest BCUT2D eigenvalue weighted by atomic mass is 16.2. The summed E-state index contributed by atoms with van der Waals surface area (Å²) in [5.74, 6) is 0.0249. The summed E-state index contributed by atoms with van der Waals surface area (Å²) in [5.41, 5.74) is 0.705. The zero-order valence-corrected chi connectivity index (χ0v) is 13.4. The van der Waals surface area contributed by atoms with Crippen LogP contribution in [0.4, 0.5) is 0 Å². The van der Waals surface area contributed by atoms with Gasteiger partial charge in [0, 0.05) is 18.4 Å². The normalized spacial score (nSPS) is 12.6. The van der Waals surface area contributed by atoms with Crippen molar-refractivity contribution >= 4 is 11.8 Å². The molecule has 1 rings (SSSR count). The SMILES string of the molecule is CC(NC(=O)CCCNC(=O)C(C)(C)C)c1ccccc1. The molecule has 4 nitrogen and oxygen atoms in total. The van der Waals surface area contributed by atoms with Crippen LogP contribution in [0, 0.1) is 5.41 Å². The lowest BCUT2D eigenvalue weighted by Crippen LogP contribution is -2.36. The predicted octanol–water partition coefficient (Wildman–Crippen LogP) is 2.81. The van der Waals surface area contributed by atoms with E-state index < -0.39 is 0 Å². The highest BCUT2D eigenvalue weighted by molar-refractivity contribution is 5.81. The van der Waals surface area contributed by atoms with Gasteiger partial charge in [0.2, 0.25) is 11.8 Å². The number of nitrogens with one attached hydrogen (secondary N) is 2. The van der Waals surface area contributed by atoms with Gasteiger partial charge in [-0.3, -0.25) is 9.59 Å². The molecule has 1 unspecified atom stereocenters. The molecular weight excluding hydrogens is 264 g/mol. The fourth-order valence-electron chi connectivity index (χ4n) is 1.85. The Bertz CT molecular complexity index is 463. The number of carbonyl (C=O) groups is 2. The Morgan fingerprint density at radius 3 is 2.33 bits per heavy atom. The molecule has 0 fully saturated rings. The van der Waals surface area contributed by atoms with E-state index in [4.69, 9.17) is 0 Å². The maximum absolute atomic E-state index is 11.8. The van der Waals surface area contributed by atoms with Gasteiger partial charge in [0.25, 0.3) is 0 Å². The molecule has 0 aliphatic heterocycles. The van der Waals surface area contributed by atoms with Crippen molar-refractivity contribution < 1.29 is 9.59 Å². The largest absolute Gasteiger partial charge is 0.356 e. The van der Waals surface area contributed by atoms with E-state index in [0.29, 0.717) is 19.4 Å². The van der Waals surface area contributed by atoms with Crippen LogP contribution in [-0.4, -0.2) is 18.4 Å². The van der Waals surface area contributed by atoms with Crippen LogP contribution in [0.5, 0.6) is 0 Å². The lowest BCUT2D eigenvalue weighted by molar-refractivity contribution is -0.128. The molecule has 116 valence electrons. The van der Waals surface area contributed by atoms with Crippen molar-refractivity contribution in [2.45, 2.75) is 46.6 Å². The number of hydrogen-bond donors (Lipinski definition) is 2. The number of benzene rings is 1. The fourth-order valence-corrected chi connectivity index (χ4v) is 1.85. The van der Waals surface area contributed by atoms with Crippen molar-refractivity contribution in [2.24, 2.45) is 5.41 Å². The first kappa shape index (κ1) is 17.2. The lowest BCUT2D eigenvalue weighted by Gasteiger charge is -2.18. The van der Waals surface area contributed by atoms with Crippen LogP contribution >= 0.6 is 0 Å². The zero-order valence-electron chi connectivity index (χ0n) is 13.4. The second kappa shape index (κ2) is 7.81. The first-order chi connectivity index (χ1) is 9.80. The smallest absolute Gasteiger partial charge is 0.225 e. The van der Waals surface area contributed by atoms with E-state index in [9.17, 15) is 9.59 Å². The third kappa shape index (κ3) is 6.43. The molecule has 1 aromatic carbocycles. The van der Waals surface area contributed by atoms with Crippen molar-refractivity contribution in [1.29, 1.82) is 0 Å². The van der Waals surface area contributed by atoms with Crippen LogP contribution in [0.15, 0.2) is 30.3 Å². The zero-order chi connectivity index (χ0) is 15.9. The number of amides is 2. The summed E-state index contributed by atoms with van der Waals surface area (Å²) in [6.07, 6.45) is 1.07. The molecular formula is C17H26N2O2. The van der Waals surface area contributed by atoms with Gasteiger partial charge in [-0.1, -0.05) is 51.1 Å². The summed E-state index contributed by atoms with van der Waals surface area (Å²) in [5, 5.41) is 5.81. The predicted molar refractivity (Wildman–Crippen MR) is 84.7 cm³/mol. The average molecular weight is 290 g/mol. The fraction of sp³-hybridized carbons (Fsp3) is 0.529. The van der Waals surface area contributed by atoms with E-state index in [-0.39, 0.29) is 23.3 Å². The van der Waals surface area contributed by atoms with E-state index in [2.05, 4.69) is 10.6 Å². The third-order valence-corrected chi connectivity index (χ3v) is 3.22. The molecule has 0 radical (unpaired) electrons. The van der Waals surface area contributed by atoms with Gasteiger partial charge < -0.3 is 10.6 Å². The Kier molecular flexibility index (Phi) is 6.40. The standard InChI is InChI=1S/C17H26N2O2/c1-13(14-9-6-5-7-10-14)19-15(20)11-8-12-18-16(21)17(2,3)4/h5-7,9-10,13H,8,11-12H2,1-4H3,(H,18,21)(H,19,20). The molecule has 0 spiro atoms. The van der Waals surface area contributed by atoms with Gasteiger partial charge in [0.05, 0.1) is 6.04 Å². The maximum atomic E-state index is 11.8. The monoisotopic (exact) mass is 290 g/mol. The van der Waals surface area contributed by atoms with E-state index in [1.165, 1.54) is 0 Å². The van der Waals surface area contributed by atoms with Gasteiger partial charge in [-0.25, -0.2) is 0 Å². The first-order valence-electron chi connectivity index (χ1n) is 7.43. The summed E-state index contributed by atoms with van der Waals surface area (Å²) < 4.78 is 0. The summed E-state index contributed by atoms with van der Waals surface area (Å²) >= 11 is 0. The van der Waals surface area contributed by atoms with Crippen molar-refractivity contribution in [3.63, 3.8) is 0 Å². The second-order valence-electron chi connectivity index (χ2n) is 6.31. The summed E-state index contributed by atoms with van der Waals surface area (Å²) in [6, 6.07) is 9.86. The summed E-state index contributed by atoms with van der Waals surface area (Å²) in [6.45, 7) is 8.11. The van der Waals surface area contributed by atoms with Crippen LogP contribution in [0.3, 0.4) is 0 Å². The topological polar surface area (TPSA) is 58.2 Å². The second-order valence-corrected chi connectivity index (χ2v) is 6.31. The van der Waals surface area contributed by atoms with Crippen LogP contribution in [-0.2, 0) is 9.59 Å². The molecule has 0 saturated carbocycles. The highest BCUT2D eigenvalue weighted by Crippen LogP contribution is 2.13. The molecule has 2 amide bonds. The lowest BCUT2D eigenvalue weighted by atomic mass is 9.96. The third-order valence-electron chi connectivity index (χ3n) is 3.22. The minimum atomic E-state index is -0.385. The molecule has 1 aromatic rings. The molecule has 1 atom stereocenters. The Balaban J connectivity index is 2.24. The average Bonchev–Trinajstić information content (AvgIpc) is 2.43. The highest BCUT2D eigenvalue weighted by Gasteiger charge is 2.20. The Morgan fingerprint density at radius 1 is 1.14 bits per heavy atom. The molecule has 4 heteroatoms. The maximum Gasteiger partial charge on any atom is 0.225 e. The Hall–Kier alpha value is -1.84. The molecule has 2 N–H and O–H groups in total. The van der Waals surface area contributed by atoms with Crippen LogP contribution in [0.2, 0.25) is 0 Å². The molecule has 0 aromatic heterocycles. The van der Waals surface area contributed by atoms with Crippen molar-refractivity contribution in [1.82, 2.24) is 10.6 Å². The van der Waals surface area contributed by atoms with Crippen molar-refractivity contribution in [3.8, 4) is 0 Å². The van der Waals surface area contributed by atoms with Crippen molar-refractivity contribution in [2.75, 3.05) is 6.54 Å². The van der Waals surface area contributed by atoms with Gasteiger partial charge in [-0.15, -0.1) is 0 Å². The Morgan fingerprint density at radius 2 is 1.76 bits per heavy atom. The van der Waals surface area contributed by atoms with Crippen LogP contribution in [0.1, 0.15) is 52.1 Å². The minimum absolute atomic E-state index is 0.00265. The summed E-state index contributed by atoms with van der Waals surface area (Å²) in [7, 11) is 0. The van der Waals surface area contributed by atoms with Gasteiger partial charge in [0.15, 0.2) is 0 Å². The van der Waals surface area contributed by atoms with Crippen LogP contribution in [0.25, 0.3) is 0 Å². The molecule has 21 heavy (non-hydrogen) atoms. The van der Waals surface area contributed by atoms with Gasteiger partial charge in [-0.05, 0) is 18.9 Å². The molecule has 0 aliphatic carbocycles. The summed E-state index contributed by atoms with van der Waals surface area (Å²) in [4.78, 5) is 23.5. The number of carbonyl (C=O) groups excluding carboxylic acids is 2. The van der Waals surface area contributed by atoms with E-state index >= 15 is 0 Å². The quantitative estimate of drug-likeness (QED) is 0.792. The van der Waals surface area contributed by atoms with Gasteiger partial charge in [-0.2, -0.15) is 0 Å².